The van der Waals surface area contributed by atoms with E-state index in [1.165, 1.54) is 36.1 Å². The number of nitriles is 1. The van der Waals surface area contributed by atoms with Crippen LogP contribution in [0.4, 0.5) is 11.4 Å². The van der Waals surface area contributed by atoms with Crippen LogP contribution in [-0.2, 0) is 11.2 Å². The quantitative estimate of drug-likeness (QED) is 0.792. The van der Waals surface area contributed by atoms with E-state index in [0.717, 1.165) is 30.8 Å². The van der Waals surface area contributed by atoms with E-state index in [1.54, 1.807) is 4.90 Å². The molecule has 1 N–H and O–H groups in total. The first kappa shape index (κ1) is 18.1. The maximum absolute atomic E-state index is 12.9. The maximum atomic E-state index is 12.9. The van der Waals surface area contributed by atoms with Gasteiger partial charge >= 0.3 is 0 Å². The lowest BCUT2D eigenvalue weighted by molar-refractivity contribution is -0.125. The average Bonchev–Trinajstić information content (AvgIpc) is 3.19. The predicted octanol–water partition coefficient (Wildman–Crippen LogP) is 4.01. The van der Waals surface area contributed by atoms with E-state index in [1.807, 2.05) is 0 Å². The highest BCUT2D eigenvalue weighted by molar-refractivity contribution is 5.99. The largest absolute Gasteiger partial charge is 0.372 e. The predicted molar refractivity (Wildman–Crippen MR) is 115 cm³/mol. The van der Waals surface area contributed by atoms with E-state index < -0.39 is 5.41 Å². The zero-order valence-electron chi connectivity index (χ0n) is 16.7. The summed E-state index contributed by atoms with van der Waals surface area (Å²) in [6.07, 6.45) is 7.50. The topological polar surface area (TPSA) is 59.4 Å². The smallest absolute Gasteiger partial charge is 0.232 e. The molecule has 3 aliphatic rings. The van der Waals surface area contributed by atoms with Crippen molar-refractivity contribution in [3.05, 3.63) is 48.0 Å². The Morgan fingerprint density at radius 3 is 2.62 bits per heavy atom. The molecule has 1 amide bonds. The Bertz CT molecular complexity index is 989. The molecular formula is C24H26N4O. The summed E-state index contributed by atoms with van der Waals surface area (Å²) in [4.78, 5) is 17.1. The van der Waals surface area contributed by atoms with Gasteiger partial charge in [0.2, 0.25) is 5.91 Å². The number of likely N-dealkylation sites (tertiary alicyclic amines) is 1. The van der Waals surface area contributed by atoms with Crippen LogP contribution in [0.1, 0.15) is 31.2 Å². The third-order valence-corrected chi connectivity index (χ3v) is 6.76. The van der Waals surface area contributed by atoms with Crippen LogP contribution in [-0.4, -0.2) is 37.0 Å². The minimum absolute atomic E-state index is 0.0574. The van der Waals surface area contributed by atoms with Crippen LogP contribution >= 0.6 is 0 Å². The number of piperidine rings is 1. The number of carbonyl (C=O) groups excluding carboxylic acids is 1. The second-order valence-electron chi connectivity index (χ2n) is 8.65. The van der Waals surface area contributed by atoms with E-state index >= 15 is 0 Å². The van der Waals surface area contributed by atoms with Gasteiger partial charge in [-0.2, -0.15) is 5.26 Å². The summed E-state index contributed by atoms with van der Waals surface area (Å²) in [5.41, 5.74) is 5.21. The summed E-state index contributed by atoms with van der Waals surface area (Å²) in [6, 6.07) is 15.1. The fourth-order valence-corrected chi connectivity index (χ4v) is 5.05. The molecule has 1 unspecified atom stereocenters. The summed E-state index contributed by atoms with van der Waals surface area (Å²) in [7, 11) is 0. The molecule has 2 saturated heterocycles. The zero-order chi connectivity index (χ0) is 19.8. The Hall–Kier alpha value is -3.00. The van der Waals surface area contributed by atoms with Gasteiger partial charge in [-0.1, -0.05) is 24.3 Å². The summed E-state index contributed by atoms with van der Waals surface area (Å²) in [5, 5.41) is 12.3. The molecule has 1 atom stereocenters. The lowest BCUT2D eigenvalue weighted by Crippen LogP contribution is -2.43. The normalized spacial score (nSPS) is 23.6. The fraction of sp³-hybridized carbons (Fsp3) is 0.417. The van der Waals surface area contributed by atoms with Crippen LogP contribution in [0.2, 0.25) is 0 Å². The van der Waals surface area contributed by atoms with Gasteiger partial charge in [-0.15, -0.1) is 0 Å². The van der Waals surface area contributed by atoms with Gasteiger partial charge in [0.05, 0.1) is 5.41 Å². The lowest BCUT2D eigenvalue weighted by atomic mass is 9.76. The van der Waals surface area contributed by atoms with Crippen molar-refractivity contribution >= 4 is 17.3 Å². The lowest BCUT2D eigenvalue weighted by Gasteiger charge is -2.33. The van der Waals surface area contributed by atoms with Crippen LogP contribution in [0.5, 0.6) is 0 Å². The minimum atomic E-state index is -0.460. The first-order valence-corrected chi connectivity index (χ1v) is 10.6. The highest BCUT2D eigenvalue weighted by Gasteiger charge is 2.47. The molecule has 2 aromatic carbocycles. The van der Waals surface area contributed by atoms with E-state index in [-0.39, 0.29) is 5.91 Å². The monoisotopic (exact) mass is 386 g/mol. The van der Waals surface area contributed by atoms with Crippen LogP contribution in [0, 0.1) is 16.9 Å². The highest BCUT2D eigenvalue weighted by Crippen LogP contribution is 2.42. The Labute approximate surface area is 171 Å². The number of benzene rings is 2. The van der Waals surface area contributed by atoms with Crippen molar-refractivity contribution < 1.29 is 4.79 Å². The molecule has 0 aliphatic carbocycles. The SMILES string of the molecule is N#CN1CCC2(Cc3ccc(-c4cccc(N5CCCCC5)c4)cc3NC2=O)C1. The molecule has 0 bridgehead atoms. The van der Waals surface area contributed by atoms with E-state index in [2.05, 4.69) is 58.9 Å². The van der Waals surface area contributed by atoms with Crippen molar-refractivity contribution in [1.29, 1.82) is 5.26 Å². The second-order valence-corrected chi connectivity index (χ2v) is 8.65. The van der Waals surface area contributed by atoms with E-state index in [4.69, 9.17) is 0 Å². The van der Waals surface area contributed by atoms with Crippen LogP contribution in [0.25, 0.3) is 11.1 Å². The maximum Gasteiger partial charge on any atom is 0.232 e. The number of nitrogens with zero attached hydrogens (tertiary/aromatic N) is 3. The molecule has 3 heterocycles. The van der Waals surface area contributed by atoms with Crippen molar-refractivity contribution in [2.24, 2.45) is 5.41 Å². The Balaban J connectivity index is 1.42. The number of carbonyl (C=O) groups is 1. The minimum Gasteiger partial charge on any atom is -0.372 e. The van der Waals surface area contributed by atoms with Gasteiger partial charge in [-0.3, -0.25) is 4.79 Å². The van der Waals surface area contributed by atoms with Gasteiger partial charge in [0, 0.05) is 37.6 Å². The summed E-state index contributed by atoms with van der Waals surface area (Å²) in [5.74, 6) is 0.0574. The molecule has 5 nitrogen and oxygen atoms in total. The second kappa shape index (κ2) is 7.11. The molecule has 1 spiro atoms. The van der Waals surface area contributed by atoms with Gasteiger partial charge in [-0.25, -0.2) is 0 Å². The van der Waals surface area contributed by atoms with Gasteiger partial charge in [0.1, 0.15) is 0 Å². The molecular weight excluding hydrogens is 360 g/mol. The van der Waals surface area contributed by atoms with Gasteiger partial charge < -0.3 is 15.1 Å². The van der Waals surface area contributed by atoms with E-state index in [0.29, 0.717) is 19.5 Å². The molecule has 0 radical (unpaired) electrons. The third-order valence-electron chi connectivity index (χ3n) is 6.76. The first-order valence-electron chi connectivity index (χ1n) is 10.6. The Morgan fingerprint density at radius 2 is 1.83 bits per heavy atom. The number of hydrogen-bond acceptors (Lipinski definition) is 4. The number of fused-ring (bicyclic) bond motifs is 1. The highest BCUT2D eigenvalue weighted by atomic mass is 16.2. The van der Waals surface area contributed by atoms with Crippen LogP contribution in [0.3, 0.4) is 0 Å². The summed E-state index contributed by atoms with van der Waals surface area (Å²) in [6.45, 7) is 3.45. The van der Waals surface area contributed by atoms with Crippen LogP contribution in [0.15, 0.2) is 42.5 Å². The van der Waals surface area contributed by atoms with Crippen molar-refractivity contribution in [2.45, 2.75) is 32.1 Å². The molecule has 29 heavy (non-hydrogen) atoms. The Morgan fingerprint density at radius 1 is 1.00 bits per heavy atom. The molecule has 2 aromatic rings. The van der Waals surface area contributed by atoms with E-state index in [9.17, 15) is 10.1 Å². The number of rotatable bonds is 2. The Kier molecular flexibility index (Phi) is 4.43. The van der Waals surface area contributed by atoms with Gasteiger partial charge in [0.25, 0.3) is 0 Å². The fourth-order valence-electron chi connectivity index (χ4n) is 5.05. The average molecular weight is 386 g/mol. The zero-order valence-corrected chi connectivity index (χ0v) is 16.7. The molecule has 148 valence electrons. The van der Waals surface area contributed by atoms with Crippen molar-refractivity contribution in [1.82, 2.24) is 4.90 Å². The summed E-state index contributed by atoms with van der Waals surface area (Å²) >= 11 is 0. The molecule has 0 saturated carbocycles. The van der Waals surface area contributed by atoms with Gasteiger partial charge in [0.15, 0.2) is 6.19 Å². The molecule has 5 rings (SSSR count). The van der Waals surface area contributed by atoms with Crippen molar-refractivity contribution in [3.63, 3.8) is 0 Å². The number of hydrogen-bond donors (Lipinski definition) is 1. The van der Waals surface area contributed by atoms with Gasteiger partial charge in [-0.05, 0) is 67.0 Å². The molecule has 5 heteroatoms. The van der Waals surface area contributed by atoms with Crippen LogP contribution < -0.4 is 10.2 Å². The number of nitrogens with one attached hydrogen (secondary N) is 1. The number of amides is 1. The molecule has 3 aliphatic heterocycles. The first-order chi connectivity index (χ1) is 14.2. The summed E-state index contributed by atoms with van der Waals surface area (Å²) < 4.78 is 0. The molecule has 0 aromatic heterocycles. The molecule has 2 fully saturated rings. The van der Waals surface area contributed by atoms with Crippen molar-refractivity contribution in [2.75, 3.05) is 36.4 Å². The number of anilines is 2. The third kappa shape index (κ3) is 3.23. The standard InChI is InChI=1S/C24H26N4O/c25-17-27-12-9-24(16-27)15-20-8-7-19(14-22(20)26-23(24)29)18-5-4-6-21(13-18)28-10-2-1-3-11-28/h4-8,13-14H,1-3,9-12,15-16H2,(H,26,29). The van der Waals surface area contributed by atoms with Crippen molar-refractivity contribution in [3.8, 4) is 17.3 Å².